The minimum Gasteiger partial charge on any atom is -0.439 e. The predicted molar refractivity (Wildman–Crippen MR) is 86.0 cm³/mol. The molecule has 3 aromatic rings. The lowest BCUT2D eigenvalue weighted by Crippen LogP contribution is -2.35. The van der Waals surface area contributed by atoms with Crippen LogP contribution < -0.4 is 5.32 Å². The highest BCUT2D eigenvalue weighted by molar-refractivity contribution is 5.95. The van der Waals surface area contributed by atoms with E-state index in [9.17, 15) is 0 Å². The Labute approximate surface area is 125 Å². The first-order valence-corrected chi connectivity index (χ1v) is 7.21. The molecule has 0 atom stereocenters. The van der Waals surface area contributed by atoms with E-state index in [0.29, 0.717) is 12.4 Å². The molecule has 0 aliphatic heterocycles. The zero-order valence-electron chi connectivity index (χ0n) is 12.7. The molecular formula is C18H20N2O. The standard InChI is InChI=1S/C18H20N2O/c1-18(2,3)20-12-17-19-11-16(21-17)15-10-6-8-13-7-4-5-9-14(13)15/h4-11,20H,12H2,1-3H3. The van der Waals surface area contributed by atoms with Crippen LogP contribution in [0.5, 0.6) is 0 Å². The van der Waals surface area contributed by atoms with Gasteiger partial charge in [-0.1, -0.05) is 42.5 Å². The number of hydrogen-bond donors (Lipinski definition) is 1. The van der Waals surface area contributed by atoms with E-state index in [1.165, 1.54) is 10.8 Å². The minimum absolute atomic E-state index is 0.0497. The van der Waals surface area contributed by atoms with Crippen LogP contribution in [0.2, 0.25) is 0 Å². The number of rotatable bonds is 3. The summed E-state index contributed by atoms with van der Waals surface area (Å²) in [6, 6.07) is 14.5. The van der Waals surface area contributed by atoms with Crippen molar-refractivity contribution >= 4 is 10.8 Å². The third-order valence-electron chi connectivity index (χ3n) is 3.38. The fourth-order valence-corrected chi connectivity index (χ4v) is 2.30. The number of nitrogens with zero attached hydrogens (tertiary/aromatic N) is 1. The van der Waals surface area contributed by atoms with Crippen molar-refractivity contribution in [1.29, 1.82) is 0 Å². The molecule has 0 unspecified atom stereocenters. The Hall–Kier alpha value is -2.13. The summed E-state index contributed by atoms with van der Waals surface area (Å²) in [5.41, 5.74) is 1.14. The molecule has 0 aliphatic rings. The van der Waals surface area contributed by atoms with Crippen LogP contribution in [0.15, 0.2) is 53.1 Å². The first kappa shape index (κ1) is 13.8. The van der Waals surface area contributed by atoms with E-state index in [2.05, 4.69) is 55.3 Å². The monoisotopic (exact) mass is 280 g/mol. The van der Waals surface area contributed by atoms with E-state index in [1.54, 1.807) is 6.20 Å². The number of fused-ring (bicyclic) bond motifs is 1. The number of aromatic nitrogens is 1. The van der Waals surface area contributed by atoms with Gasteiger partial charge in [0.2, 0.25) is 5.89 Å². The number of benzene rings is 2. The molecule has 0 aliphatic carbocycles. The summed E-state index contributed by atoms with van der Waals surface area (Å²) in [6.07, 6.45) is 1.81. The quantitative estimate of drug-likeness (QED) is 0.773. The fourth-order valence-electron chi connectivity index (χ4n) is 2.30. The average Bonchev–Trinajstić information content (AvgIpc) is 2.92. The highest BCUT2D eigenvalue weighted by atomic mass is 16.4. The SMILES string of the molecule is CC(C)(C)NCc1ncc(-c2cccc3ccccc23)o1. The third kappa shape index (κ3) is 3.14. The number of hydrogen-bond acceptors (Lipinski definition) is 3. The van der Waals surface area contributed by atoms with Gasteiger partial charge in [-0.25, -0.2) is 4.98 Å². The Kier molecular flexibility index (Phi) is 3.52. The minimum atomic E-state index is 0.0497. The smallest absolute Gasteiger partial charge is 0.208 e. The first-order valence-electron chi connectivity index (χ1n) is 7.21. The molecule has 0 saturated carbocycles. The second-order valence-electron chi connectivity index (χ2n) is 6.25. The van der Waals surface area contributed by atoms with Gasteiger partial charge in [-0.15, -0.1) is 0 Å². The van der Waals surface area contributed by atoms with Crippen LogP contribution in [0.3, 0.4) is 0 Å². The summed E-state index contributed by atoms with van der Waals surface area (Å²) >= 11 is 0. The van der Waals surface area contributed by atoms with Gasteiger partial charge in [-0.05, 0) is 31.5 Å². The average molecular weight is 280 g/mol. The maximum absolute atomic E-state index is 5.90. The molecule has 0 radical (unpaired) electrons. The number of oxazole rings is 1. The zero-order chi connectivity index (χ0) is 14.9. The number of nitrogens with one attached hydrogen (secondary N) is 1. The van der Waals surface area contributed by atoms with E-state index in [1.807, 2.05) is 18.2 Å². The predicted octanol–water partition coefficient (Wildman–Crippen LogP) is 4.38. The van der Waals surface area contributed by atoms with Gasteiger partial charge in [0.25, 0.3) is 0 Å². The van der Waals surface area contributed by atoms with Gasteiger partial charge in [-0.3, -0.25) is 0 Å². The molecular weight excluding hydrogens is 260 g/mol. The maximum atomic E-state index is 5.90. The summed E-state index contributed by atoms with van der Waals surface area (Å²) < 4.78 is 5.90. The molecule has 3 heteroatoms. The Morgan fingerprint density at radius 3 is 2.62 bits per heavy atom. The van der Waals surface area contributed by atoms with Gasteiger partial charge in [0.15, 0.2) is 5.76 Å². The molecule has 0 spiro atoms. The Morgan fingerprint density at radius 1 is 1.05 bits per heavy atom. The van der Waals surface area contributed by atoms with Crippen molar-refractivity contribution in [2.75, 3.05) is 0 Å². The van der Waals surface area contributed by atoms with E-state index >= 15 is 0 Å². The van der Waals surface area contributed by atoms with Crippen LogP contribution in [0.25, 0.3) is 22.1 Å². The first-order chi connectivity index (χ1) is 10.0. The molecule has 0 saturated heterocycles. The third-order valence-corrected chi connectivity index (χ3v) is 3.38. The molecule has 0 fully saturated rings. The van der Waals surface area contributed by atoms with Gasteiger partial charge in [0.1, 0.15) is 0 Å². The molecule has 1 heterocycles. The second-order valence-corrected chi connectivity index (χ2v) is 6.25. The lowest BCUT2D eigenvalue weighted by molar-refractivity contribution is 0.383. The Bertz CT molecular complexity index is 748. The second kappa shape index (κ2) is 5.34. The molecule has 0 amide bonds. The highest BCUT2D eigenvalue weighted by Crippen LogP contribution is 2.28. The lowest BCUT2D eigenvalue weighted by Gasteiger charge is -2.18. The largest absolute Gasteiger partial charge is 0.439 e. The molecule has 1 N–H and O–H groups in total. The van der Waals surface area contributed by atoms with Crippen molar-refractivity contribution in [2.45, 2.75) is 32.9 Å². The van der Waals surface area contributed by atoms with E-state index in [-0.39, 0.29) is 5.54 Å². The highest BCUT2D eigenvalue weighted by Gasteiger charge is 2.13. The summed E-state index contributed by atoms with van der Waals surface area (Å²) in [6.45, 7) is 7.01. The van der Waals surface area contributed by atoms with Crippen molar-refractivity contribution in [1.82, 2.24) is 10.3 Å². The topological polar surface area (TPSA) is 38.1 Å². The van der Waals surface area contributed by atoms with Crippen LogP contribution in [-0.2, 0) is 6.54 Å². The molecule has 108 valence electrons. The molecule has 0 bridgehead atoms. The maximum Gasteiger partial charge on any atom is 0.208 e. The summed E-state index contributed by atoms with van der Waals surface area (Å²) in [4.78, 5) is 4.37. The summed E-state index contributed by atoms with van der Waals surface area (Å²) in [7, 11) is 0. The molecule has 2 aromatic carbocycles. The van der Waals surface area contributed by atoms with E-state index in [0.717, 1.165) is 11.3 Å². The van der Waals surface area contributed by atoms with Gasteiger partial charge in [0.05, 0.1) is 12.7 Å². The summed E-state index contributed by atoms with van der Waals surface area (Å²) in [5, 5.41) is 5.78. The van der Waals surface area contributed by atoms with Crippen LogP contribution in [0.1, 0.15) is 26.7 Å². The van der Waals surface area contributed by atoms with E-state index < -0.39 is 0 Å². The van der Waals surface area contributed by atoms with Crippen molar-refractivity contribution in [2.24, 2.45) is 0 Å². The van der Waals surface area contributed by atoms with Gasteiger partial charge >= 0.3 is 0 Å². The van der Waals surface area contributed by atoms with Crippen LogP contribution >= 0.6 is 0 Å². The van der Waals surface area contributed by atoms with Gasteiger partial charge < -0.3 is 9.73 Å². The van der Waals surface area contributed by atoms with Crippen molar-refractivity contribution < 1.29 is 4.42 Å². The van der Waals surface area contributed by atoms with Crippen molar-refractivity contribution in [3.63, 3.8) is 0 Å². The molecule has 21 heavy (non-hydrogen) atoms. The fraction of sp³-hybridized carbons (Fsp3) is 0.278. The van der Waals surface area contributed by atoms with Gasteiger partial charge in [-0.2, -0.15) is 0 Å². The molecule has 1 aromatic heterocycles. The van der Waals surface area contributed by atoms with Crippen molar-refractivity contribution in [3.8, 4) is 11.3 Å². The summed E-state index contributed by atoms with van der Waals surface area (Å²) in [5.74, 6) is 1.53. The van der Waals surface area contributed by atoms with Crippen LogP contribution in [-0.4, -0.2) is 10.5 Å². The van der Waals surface area contributed by atoms with Crippen LogP contribution in [0.4, 0.5) is 0 Å². The van der Waals surface area contributed by atoms with E-state index in [4.69, 9.17) is 4.42 Å². The lowest BCUT2D eigenvalue weighted by atomic mass is 10.0. The zero-order valence-corrected chi connectivity index (χ0v) is 12.7. The normalized spacial score (nSPS) is 12.0. The molecule has 3 nitrogen and oxygen atoms in total. The Morgan fingerprint density at radius 2 is 1.81 bits per heavy atom. The van der Waals surface area contributed by atoms with Crippen LogP contribution in [0, 0.1) is 0 Å². The molecule has 3 rings (SSSR count). The Balaban J connectivity index is 1.92. The van der Waals surface area contributed by atoms with Gasteiger partial charge in [0, 0.05) is 11.1 Å². The van der Waals surface area contributed by atoms with Crippen molar-refractivity contribution in [3.05, 3.63) is 54.6 Å².